The molecule has 1 atom stereocenters. The number of ether oxygens (including phenoxy) is 1. The average Bonchev–Trinajstić information content (AvgIpc) is 3.11. The van der Waals surface area contributed by atoms with Crippen LogP contribution in [0.25, 0.3) is 0 Å². The highest BCUT2D eigenvalue weighted by molar-refractivity contribution is 7.88. The molecule has 2 heterocycles. The van der Waals surface area contributed by atoms with E-state index in [1.54, 1.807) is 24.3 Å². The highest BCUT2D eigenvalue weighted by Crippen LogP contribution is 2.24. The van der Waals surface area contributed by atoms with E-state index in [0.717, 1.165) is 0 Å². The van der Waals surface area contributed by atoms with Crippen molar-refractivity contribution in [1.82, 2.24) is 14.5 Å². The van der Waals surface area contributed by atoms with Crippen LogP contribution in [0.5, 0.6) is 0 Å². The van der Waals surface area contributed by atoms with Gasteiger partial charge in [0, 0.05) is 19.5 Å². The SMILES string of the molecule is CCc1nnc([C@H]2CN(S(=O)(=O)Cc3cccc(C#N)c3)CCO2)o1. The molecule has 1 aromatic heterocycles. The molecule has 8 nitrogen and oxygen atoms in total. The minimum atomic E-state index is -3.55. The fourth-order valence-corrected chi connectivity index (χ4v) is 4.10. The van der Waals surface area contributed by atoms with E-state index >= 15 is 0 Å². The second-order valence-electron chi connectivity index (χ2n) is 5.67. The lowest BCUT2D eigenvalue weighted by Gasteiger charge is -2.30. The molecule has 0 bridgehead atoms. The smallest absolute Gasteiger partial charge is 0.246 e. The number of hydrogen-bond acceptors (Lipinski definition) is 7. The number of benzene rings is 1. The maximum Gasteiger partial charge on any atom is 0.246 e. The Balaban J connectivity index is 1.74. The molecule has 1 saturated heterocycles. The van der Waals surface area contributed by atoms with Gasteiger partial charge < -0.3 is 9.15 Å². The Kier molecular flexibility index (Phi) is 5.13. The van der Waals surface area contributed by atoms with Crippen molar-refractivity contribution in [1.29, 1.82) is 5.26 Å². The molecule has 3 rings (SSSR count). The van der Waals surface area contributed by atoms with Crippen molar-refractivity contribution >= 4 is 10.0 Å². The highest BCUT2D eigenvalue weighted by Gasteiger charge is 2.33. The van der Waals surface area contributed by atoms with E-state index in [0.29, 0.717) is 29.3 Å². The molecule has 0 N–H and O–H groups in total. The molecule has 132 valence electrons. The lowest BCUT2D eigenvalue weighted by atomic mass is 10.2. The predicted octanol–water partition coefficient (Wildman–Crippen LogP) is 1.41. The van der Waals surface area contributed by atoms with Crippen molar-refractivity contribution in [3.05, 3.63) is 47.2 Å². The highest BCUT2D eigenvalue weighted by atomic mass is 32.2. The van der Waals surface area contributed by atoms with Gasteiger partial charge in [-0.2, -0.15) is 9.57 Å². The van der Waals surface area contributed by atoms with Gasteiger partial charge in [-0.15, -0.1) is 10.2 Å². The van der Waals surface area contributed by atoms with E-state index in [1.807, 2.05) is 13.0 Å². The number of nitrogens with zero attached hydrogens (tertiary/aromatic N) is 4. The first kappa shape index (κ1) is 17.5. The van der Waals surface area contributed by atoms with Crippen LogP contribution in [-0.2, 0) is 26.9 Å². The van der Waals surface area contributed by atoms with Crippen LogP contribution in [0.1, 0.15) is 35.9 Å². The van der Waals surface area contributed by atoms with Gasteiger partial charge in [-0.25, -0.2) is 8.42 Å². The van der Waals surface area contributed by atoms with E-state index in [2.05, 4.69) is 10.2 Å². The topological polar surface area (TPSA) is 109 Å². The molecular weight excluding hydrogens is 344 g/mol. The number of rotatable bonds is 5. The third-order valence-corrected chi connectivity index (χ3v) is 5.70. The van der Waals surface area contributed by atoms with Crippen molar-refractivity contribution in [2.75, 3.05) is 19.7 Å². The van der Waals surface area contributed by atoms with Gasteiger partial charge in [0.25, 0.3) is 0 Å². The van der Waals surface area contributed by atoms with E-state index in [-0.39, 0.29) is 25.4 Å². The number of nitriles is 1. The van der Waals surface area contributed by atoms with Gasteiger partial charge in [0.1, 0.15) is 6.10 Å². The van der Waals surface area contributed by atoms with E-state index in [4.69, 9.17) is 14.4 Å². The molecule has 2 aromatic rings. The summed E-state index contributed by atoms with van der Waals surface area (Å²) in [5.41, 5.74) is 1.01. The van der Waals surface area contributed by atoms with Crippen LogP contribution in [-0.4, -0.2) is 42.6 Å². The Labute approximate surface area is 146 Å². The second-order valence-corrected chi connectivity index (χ2v) is 7.64. The molecule has 0 unspecified atom stereocenters. The summed E-state index contributed by atoms with van der Waals surface area (Å²) in [6.07, 6.45) is 0.0403. The summed E-state index contributed by atoms with van der Waals surface area (Å²) >= 11 is 0. The third-order valence-electron chi connectivity index (χ3n) is 3.89. The summed E-state index contributed by atoms with van der Waals surface area (Å²) in [4.78, 5) is 0. The molecule has 25 heavy (non-hydrogen) atoms. The number of sulfonamides is 1. The van der Waals surface area contributed by atoms with Crippen LogP contribution in [0.3, 0.4) is 0 Å². The zero-order chi connectivity index (χ0) is 17.9. The average molecular weight is 362 g/mol. The van der Waals surface area contributed by atoms with Gasteiger partial charge in [0.05, 0.1) is 24.0 Å². The molecule has 0 aliphatic carbocycles. The summed E-state index contributed by atoms with van der Waals surface area (Å²) in [6, 6.07) is 8.61. The maximum atomic E-state index is 12.7. The van der Waals surface area contributed by atoms with Crippen molar-refractivity contribution < 1.29 is 17.6 Å². The van der Waals surface area contributed by atoms with E-state index in [1.165, 1.54) is 4.31 Å². The second kappa shape index (κ2) is 7.31. The van der Waals surface area contributed by atoms with E-state index < -0.39 is 16.1 Å². The summed E-state index contributed by atoms with van der Waals surface area (Å²) < 4.78 is 37.9. The Bertz CT molecular complexity index is 888. The summed E-state index contributed by atoms with van der Waals surface area (Å²) in [5, 5.41) is 16.8. The largest absolute Gasteiger partial charge is 0.422 e. The van der Waals surface area contributed by atoms with Crippen molar-refractivity contribution in [2.45, 2.75) is 25.2 Å². The Morgan fingerprint density at radius 3 is 2.96 bits per heavy atom. The zero-order valence-corrected chi connectivity index (χ0v) is 14.6. The standard InChI is InChI=1S/C16H18N4O4S/c1-2-15-18-19-16(24-15)14-10-20(6-7-23-14)25(21,22)11-13-5-3-4-12(8-13)9-17/h3-5,8,14H,2,6-7,10-11H2,1H3/t14-/m1/s1. The van der Waals surface area contributed by atoms with Gasteiger partial charge >= 0.3 is 0 Å². The summed E-state index contributed by atoms with van der Waals surface area (Å²) in [7, 11) is -3.55. The van der Waals surface area contributed by atoms with Gasteiger partial charge in [-0.05, 0) is 17.7 Å². The molecule has 0 amide bonds. The van der Waals surface area contributed by atoms with Crippen LogP contribution >= 0.6 is 0 Å². The van der Waals surface area contributed by atoms with Gasteiger partial charge in [0.15, 0.2) is 0 Å². The quantitative estimate of drug-likeness (QED) is 0.791. The molecule has 0 saturated carbocycles. The minimum absolute atomic E-state index is 0.131. The molecule has 0 radical (unpaired) electrons. The normalized spacial score (nSPS) is 18.8. The van der Waals surface area contributed by atoms with Crippen molar-refractivity contribution in [3.8, 4) is 6.07 Å². The molecule has 1 aromatic carbocycles. The molecule has 0 spiro atoms. The van der Waals surface area contributed by atoms with Gasteiger partial charge in [-0.1, -0.05) is 19.1 Å². The Morgan fingerprint density at radius 2 is 2.24 bits per heavy atom. The van der Waals surface area contributed by atoms with E-state index in [9.17, 15) is 8.42 Å². The zero-order valence-electron chi connectivity index (χ0n) is 13.8. The summed E-state index contributed by atoms with van der Waals surface area (Å²) in [5.74, 6) is 0.620. The summed E-state index contributed by atoms with van der Waals surface area (Å²) in [6.45, 7) is 2.55. The van der Waals surface area contributed by atoms with Crippen molar-refractivity contribution in [3.63, 3.8) is 0 Å². The fourth-order valence-electron chi connectivity index (χ4n) is 2.60. The fraction of sp³-hybridized carbons (Fsp3) is 0.438. The molecule has 9 heteroatoms. The number of morpholine rings is 1. The number of aromatic nitrogens is 2. The van der Waals surface area contributed by atoms with Gasteiger partial charge in [0.2, 0.25) is 21.8 Å². The number of aryl methyl sites for hydroxylation is 1. The third kappa shape index (κ3) is 4.04. The van der Waals surface area contributed by atoms with Crippen LogP contribution < -0.4 is 0 Å². The lowest BCUT2D eigenvalue weighted by molar-refractivity contribution is -0.0178. The van der Waals surface area contributed by atoms with Crippen LogP contribution in [0, 0.1) is 11.3 Å². The molecule has 1 aliphatic heterocycles. The van der Waals surface area contributed by atoms with Crippen LogP contribution in [0.2, 0.25) is 0 Å². The van der Waals surface area contributed by atoms with Crippen LogP contribution in [0.4, 0.5) is 0 Å². The number of hydrogen-bond donors (Lipinski definition) is 0. The van der Waals surface area contributed by atoms with Crippen LogP contribution in [0.15, 0.2) is 28.7 Å². The minimum Gasteiger partial charge on any atom is -0.422 e. The maximum absolute atomic E-state index is 12.7. The first-order chi connectivity index (χ1) is 12.0. The molecular formula is C16H18N4O4S. The first-order valence-electron chi connectivity index (χ1n) is 7.92. The Hall–Kier alpha value is -2.28. The molecule has 1 fully saturated rings. The monoisotopic (exact) mass is 362 g/mol. The van der Waals surface area contributed by atoms with Gasteiger partial charge in [-0.3, -0.25) is 0 Å². The molecule has 1 aliphatic rings. The first-order valence-corrected chi connectivity index (χ1v) is 9.53. The van der Waals surface area contributed by atoms with Crippen molar-refractivity contribution in [2.24, 2.45) is 0 Å². The lowest BCUT2D eigenvalue weighted by Crippen LogP contribution is -2.42. The Morgan fingerprint density at radius 1 is 1.40 bits per heavy atom. The predicted molar refractivity (Wildman–Crippen MR) is 87.7 cm³/mol.